The van der Waals surface area contributed by atoms with Crippen LogP contribution in [0, 0.1) is 22.7 Å². The number of Topliss-reactive ketones (excluding diaryl/α,β-unsaturated/α-hetero) is 1. The molecule has 1 aliphatic carbocycles. The molecule has 2 aliphatic rings. The van der Waals surface area contributed by atoms with Crippen LogP contribution in [-0.4, -0.2) is 77.2 Å². The first-order valence-corrected chi connectivity index (χ1v) is 11.6. The number of hydrogen-bond donors (Lipinski definition) is 4. The van der Waals surface area contributed by atoms with Crippen LogP contribution in [0.15, 0.2) is 0 Å². The predicted molar refractivity (Wildman–Crippen MR) is 122 cm³/mol. The lowest BCUT2D eigenvalue weighted by molar-refractivity contribution is -0.145. The van der Waals surface area contributed by atoms with Crippen LogP contribution in [-0.2, 0) is 19.2 Å². The van der Waals surface area contributed by atoms with E-state index < -0.39 is 71.9 Å². The lowest BCUT2D eigenvalue weighted by Gasteiger charge is -2.37. The minimum Gasteiger partial charge on any atom is -0.465 e. The Morgan fingerprint density at radius 2 is 1.66 bits per heavy atom. The normalized spacial score (nSPS) is 24.6. The number of nitrogens with zero attached hydrogens (tertiary/aromatic N) is 1. The van der Waals surface area contributed by atoms with E-state index in [2.05, 4.69) is 16.0 Å². The Balaban J connectivity index is 2.34. The molecule has 0 bridgehead atoms. The van der Waals surface area contributed by atoms with E-state index in [9.17, 15) is 37.9 Å². The van der Waals surface area contributed by atoms with Crippen molar-refractivity contribution in [3.63, 3.8) is 0 Å². The van der Waals surface area contributed by atoms with Crippen molar-refractivity contribution in [1.29, 1.82) is 0 Å². The summed E-state index contributed by atoms with van der Waals surface area (Å²) in [4.78, 5) is 63.9. The summed E-state index contributed by atoms with van der Waals surface area (Å²) in [5, 5.41) is 16.0. The van der Waals surface area contributed by atoms with Gasteiger partial charge in [0.1, 0.15) is 12.1 Å². The lowest BCUT2D eigenvalue weighted by atomic mass is 9.85. The first-order chi connectivity index (χ1) is 15.8. The highest BCUT2D eigenvalue weighted by atomic mass is 19.3. The standard InChI is InChI=1S/C23H36F2N4O6/c1-21(2,3)16(28-20(34)35)19(33)29-10-11-13(22(11,4)5)14(29)17(31)27-12(8-9-23(6,24)25)15(30)18(32)26-7/h11-14,16,28H,8-10H2,1-7H3,(H,26,32)(H,27,31)(H,34,35)/t11-,12?,13-,14-,16?/m0/s1. The minimum absolute atomic E-state index is 0.0271. The maximum atomic E-state index is 13.5. The van der Waals surface area contributed by atoms with Gasteiger partial charge in [-0.15, -0.1) is 0 Å². The number of piperidine rings is 1. The van der Waals surface area contributed by atoms with Gasteiger partial charge in [-0.2, -0.15) is 0 Å². The zero-order valence-corrected chi connectivity index (χ0v) is 21.2. The quantitative estimate of drug-likeness (QED) is 0.351. The van der Waals surface area contributed by atoms with Crippen LogP contribution in [0.1, 0.15) is 54.4 Å². The molecule has 2 rings (SSSR count). The van der Waals surface area contributed by atoms with Gasteiger partial charge in [0.2, 0.25) is 23.5 Å². The molecule has 10 nitrogen and oxygen atoms in total. The van der Waals surface area contributed by atoms with Gasteiger partial charge in [0.25, 0.3) is 5.91 Å². The van der Waals surface area contributed by atoms with E-state index in [4.69, 9.17) is 0 Å². The maximum absolute atomic E-state index is 13.5. The lowest BCUT2D eigenvalue weighted by Crippen LogP contribution is -2.60. The SMILES string of the molecule is CNC(=O)C(=O)C(CCC(C)(F)F)NC(=O)[C@@H]1[C@@H]2[C@H](CN1C(=O)C(NC(=O)O)C(C)(C)C)C2(C)C. The molecule has 1 heterocycles. The number of amides is 4. The molecule has 0 aromatic heterocycles. The zero-order chi connectivity index (χ0) is 27.1. The first kappa shape index (κ1) is 28.4. The van der Waals surface area contributed by atoms with Crippen molar-refractivity contribution in [1.82, 2.24) is 20.9 Å². The number of rotatable bonds is 9. The zero-order valence-electron chi connectivity index (χ0n) is 21.2. The van der Waals surface area contributed by atoms with Crippen molar-refractivity contribution in [3.8, 4) is 0 Å². The first-order valence-electron chi connectivity index (χ1n) is 11.6. The molecule has 4 N–H and O–H groups in total. The molecule has 0 spiro atoms. The fourth-order valence-corrected chi connectivity index (χ4v) is 4.96. The summed E-state index contributed by atoms with van der Waals surface area (Å²) in [5.41, 5.74) is -1.09. The Bertz CT molecular complexity index is 895. The second kappa shape index (κ2) is 9.69. The number of hydrogen-bond acceptors (Lipinski definition) is 5. The average molecular weight is 503 g/mol. The Morgan fingerprint density at radius 3 is 2.11 bits per heavy atom. The van der Waals surface area contributed by atoms with Crippen LogP contribution in [0.4, 0.5) is 13.6 Å². The van der Waals surface area contributed by atoms with Crippen LogP contribution in [0.3, 0.4) is 0 Å². The molecule has 2 fully saturated rings. The van der Waals surface area contributed by atoms with E-state index in [-0.39, 0.29) is 23.8 Å². The Morgan fingerprint density at radius 1 is 1.09 bits per heavy atom. The topological polar surface area (TPSA) is 145 Å². The number of carboxylic acid groups (broad SMARTS) is 1. The van der Waals surface area contributed by atoms with Gasteiger partial charge in [-0.3, -0.25) is 19.2 Å². The molecule has 35 heavy (non-hydrogen) atoms. The molecule has 198 valence electrons. The molecule has 2 unspecified atom stereocenters. The van der Waals surface area contributed by atoms with E-state index in [1.807, 2.05) is 13.8 Å². The van der Waals surface area contributed by atoms with E-state index in [1.54, 1.807) is 20.8 Å². The highest BCUT2D eigenvalue weighted by Gasteiger charge is 2.69. The second-order valence-electron chi connectivity index (χ2n) is 11.3. The molecular weight excluding hydrogens is 466 g/mol. The molecule has 1 saturated heterocycles. The highest BCUT2D eigenvalue weighted by molar-refractivity contribution is 6.38. The van der Waals surface area contributed by atoms with Crippen molar-refractivity contribution in [2.75, 3.05) is 13.6 Å². The molecule has 1 saturated carbocycles. The summed E-state index contributed by atoms with van der Waals surface area (Å²) in [7, 11) is 1.21. The molecule has 0 radical (unpaired) electrons. The van der Waals surface area contributed by atoms with E-state index in [1.165, 1.54) is 11.9 Å². The third-order valence-electron chi connectivity index (χ3n) is 7.10. The number of fused-ring (bicyclic) bond motifs is 1. The number of carbonyl (C=O) groups is 5. The number of ketones is 1. The molecule has 5 atom stereocenters. The Hall–Kier alpha value is -2.79. The number of likely N-dealkylation sites (N-methyl/N-ethyl adjacent to an activating group) is 1. The van der Waals surface area contributed by atoms with Crippen molar-refractivity contribution < 1.29 is 37.9 Å². The van der Waals surface area contributed by atoms with E-state index >= 15 is 0 Å². The fraction of sp³-hybridized carbons (Fsp3) is 0.783. The van der Waals surface area contributed by atoms with Gasteiger partial charge >= 0.3 is 6.09 Å². The van der Waals surface area contributed by atoms with Crippen molar-refractivity contribution in [2.45, 2.75) is 78.4 Å². The van der Waals surface area contributed by atoms with Crippen molar-refractivity contribution in [3.05, 3.63) is 0 Å². The van der Waals surface area contributed by atoms with Gasteiger partial charge in [-0.25, -0.2) is 13.6 Å². The fourth-order valence-electron chi connectivity index (χ4n) is 4.96. The van der Waals surface area contributed by atoms with Gasteiger partial charge in [-0.1, -0.05) is 34.6 Å². The van der Waals surface area contributed by atoms with Crippen LogP contribution >= 0.6 is 0 Å². The summed E-state index contributed by atoms with van der Waals surface area (Å²) in [6, 6.07) is -3.68. The van der Waals surface area contributed by atoms with Gasteiger partial charge in [0, 0.05) is 20.0 Å². The van der Waals surface area contributed by atoms with E-state index in [0.29, 0.717) is 6.92 Å². The van der Waals surface area contributed by atoms with Gasteiger partial charge in [0.15, 0.2) is 0 Å². The van der Waals surface area contributed by atoms with E-state index in [0.717, 1.165) is 0 Å². The van der Waals surface area contributed by atoms with Crippen LogP contribution in [0.5, 0.6) is 0 Å². The molecular formula is C23H36F2N4O6. The summed E-state index contributed by atoms with van der Waals surface area (Å²) in [6.07, 6.45) is -2.59. The van der Waals surface area contributed by atoms with Crippen molar-refractivity contribution in [2.24, 2.45) is 22.7 Å². The summed E-state index contributed by atoms with van der Waals surface area (Å²) in [6.45, 7) is 9.81. The van der Waals surface area contributed by atoms with Crippen LogP contribution in [0.25, 0.3) is 0 Å². The second-order valence-corrected chi connectivity index (χ2v) is 11.3. The predicted octanol–water partition coefficient (Wildman–Crippen LogP) is 1.39. The number of likely N-dealkylation sites (tertiary alicyclic amines) is 1. The van der Waals surface area contributed by atoms with Gasteiger partial charge < -0.3 is 26.0 Å². The Labute approximate surface area is 203 Å². The van der Waals surface area contributed by atoms with Crippen molar-refractivity contribution >= 4 is 29.6 Å². The number of carbonyl (C=O) groups excluding carboxylic acids is 4. The van der Waals surface area contributed by atoms with Gasteiger partial charge in [0.05, 0.1) is 6.04 Å². The third kappa shape index (κ3) is 6.26. The molecule has 0 aromatic rings. The molecule has 12 heteroatoms. The summed E-state index contributed by atoms with van der Waals surface area (Å²) >= 11 is 0. The third-order valence-corrected chi connectivity index (χ3v) is 7.10. The summed E-state index contributed by atoms with van der Waals surface area (Å²) < 4.78 is 27.0. The molecule has 0 aromatic carbocycles. The summed E-state index contributed by atoms with van der Waals surface area (Å²) in [5.74, 6) is -6.82. The van der Waals surface area contributed by atoms with Crippen LogP contribution < -0.4 is 16.0 Å². The highest BCUT2D eigenvalue weighted by Crippen LogP contribution is 2.65. The van der Waals surface area contributed by atoms with Crippen LogP contribution in [0.2, 0.25) is 0 Å². The average Bonchev–Trinajstić information content (AvgIpc) is 3.06. The monoisotopic (exact) mass is 502 g/mol. The number of halogens is 2. The number of nitrogens with one attached hydrogen (secondary N) is 3. The molecule has 1 aliphatic heterocycles. The Kier molecular flexibility index (Phi) is 7.88. The molecule has 4 amide bonds. The maximum Gasteiger partial charge on any atom is 0.405 e. The van der Waals surface area contributed by atoms with Gasteiger partial charge in [-0.05, 0) is 36.0 Å². The smallest absolute Gasteiger partial charge is 0.405 e. The minimum atomic E-state index is -3.12. The largest absolute Gasteiger partial charge is 0.465 e. The number of alkyl halides is 2.